The highest BCUT2D eigenvalue weighted by atomic mass is 79.9. The number of halogens is 1. The van der Waals surface area contributed by atoms with Crippen LogP contribution in [-0.2, 0) is 14.6 Å². The second-order valence-electron chi connectivity index (χ2n) is 5.53. The van der Waals surface area contributed by atoms with Crippen molar-refractivity contribution in [2.45, 2.75) is 44.6 Å². The molecule has 1 aliphatic heterocycles. The normalized spacial score (nSPS) is 28.6. The van der Waals surface area contributed by atoms with E-state index in [1.807, 2.05) is 0 Å². The number of rotatable bonds is 5. The Morgan fingerprint density at radius 1 is 1.24 bits per heavy atom. The van der Waals surface area contributed by atoms with Gasteiger partial charge in [-0.1, -0.05) is 28.8 Å². The van der Waals surface area contributed by atoms with Gasteiger partial charge in [0.2, 0.25) is 0 Å². The highest BCUT2D eigenvalue weighted by Gasteiger charge is 2.38. The summed E-state index contributed by atoms with van der Waals surface area (Å²) >= 11 is 3.50. The third-order valence-electron chi connectivity index (χ3n) is 3.94. The van der Waals surface area contributed by atoms with Crippen molar-refractivity contribution in [3.05, 3.63) is 0 Å². The summed E-state index contributed by atoms with van der Waals surface area (Å²) in [6.07, 6.45) is 6.28. The first-order valence-electron chi connectivity index (χ1n) is 6.43. The molecule has 1 saturated heterocycles. The van der Waals surface area contributed by atoms with Crippen LogP contribution in [0.25, 0.3) is 0 Å². The lowest BCUT2D eigenvalue weighted by atomic mass is 9.92. The molecule has 5 heteroatoms. The first-order valence-corrected chi connectivity index (χ1v) is 9.38. The van der Waals surface area contributed by atoms with E-state index in [-0.39, 0.29) is 17.3 Å². The van der Waals surface area contributed by atoms with Crippen molar-refractivity contribution in [3.63, 3.8) is 0 Å². The topological polar surface area (TPSA) is 43.4 Å². The van der Waals surface area contributed by atoms with Crippen LogP contribution in [0.1, 0.15) is 38.5 Å². The van der Waals surface area contributed by atoms with Gasteiger partial charge in [0.05, 0.1) is 17.6 Å². The lowest BCUT2D eigenvalue weighted by molar-refractivity contribution is 0.127. The molecule has 2 fully saturated rings. The van der Waals surface area contributed by atoms with E-state index in [1.165, 1.54) is 12.8 Å². The van der Waals surface area contributed by atoms with Gasteiger partial charge in [0.15, 0.2) is 9.84 Å². The van der Waals surface area contributed by atoms with Crippen LogP contribution in [0.4, 0.5) is 0 Å². The fourth-order valence-electron chi connectivity index (χ4n) is 3.03. The number of ether oxygens (including phenoxy) is 1. The van der Waals surface area contributed by atoms with E-state index in [1.54, 1.807) is 0 Å². The molecule has 1 aliphatic carbocycles. The van der Waals surface area contributed by atoms with Crippen LogP contribution in [0, 0.1) is 5.41 Å². The van der Waals surface area contributed by atoms with Gasteiger partial charge in [0.1, 0.15) is 0 Å². The molecule has 1 saturated carbocycles. The van der Waals surface area contributed by atoms with Gasteiger partial charge in [-0.25, -0.2) is 8.42 Å². The number of alkyl halides is 1. The first kappa shape index (κ1) is 13.8. The molecule has 0 aromatic heterocycles. The third-order valence-corrected chi connectivity index (χ3v) is 7.06. The second kappa shape index (κ2) is 5.57. The molecule has 1 heterocycles. The van der Waals surface area contributed by atoms with Crippen molar-refractivity contribution in [3.8, 4) is 0 Å². The van der Waals surface area contributed by atoms with Gasteiger partial charge in [-0.05, 0) is 31.1 Å². The maximum absolute atomic E-state index is 12.2. The van der Waals surface area contributed by atoms with Crippen LogP contribution < -0.4 is 0 Å². The van der Waals surface area contributed by atoms with Crippen molar-refractivity contribution in [1.29, 1.82) is 0 Å². The molecule has 100 valence electrons. The molecule has 1 unspecified atom stereocenters. The summed E-state index contributed by atoms with van der Waals surface area (Å²) in [6.45, 7) is 0.726. The quantitative estimate of drug-likeness (QED) is 0.730. The summed E-state index contributed by atoms with van der Waals surface area (Å²) in [6, 6.07) is 0. The van der Waals surface area contributed by atoms with Crippen LogP contribution in [0.2, 0.25) is 0 Å². The van der Waals surface area contributed by atoms with E-state index >= 15 is 0 Å². The Morgan fingerprint density at radius 2 is 1.94 bits per heavy atom. The lowest BCUT2D eigenvalue weighted by Gasteiger charge is -2.26. The Kier molecular flexibility index (Phi) is 4.53. The Morgan fingerprint density at radius 3 is 2.47 bits per heavy atom. The highest BCUT2D eigenvalue weighted by molar-refractivity contribution is 9.09. The fourth-order valence-corrected chi connectivity index (χ4v) is 6.32. The average molecular weight is 325 g/mol. The highest BCUT2D eigenvalue weighted by Crippen LogP contribution is 2.41. The van der Waals surface area contributed by atoms with Crippen molar-refractivity contribution in [1.82, 2.24) is 0 Å². The molecular formula is C12H21BrO3S. The van der Waals surface area contributed by atoms with Gasteiger partial charge < -0.3 is 4.74 Å². The molecule has 2 rings (SSSR count). The zero-order chi connectivity index (χ0) is 12.4. The Balaban J connectivity index is 1.95. The summed E-state index contributed by atoms with van der Waals surface area (Å²) < 4.78 is 29.8. The molecule has 2 aliphatic rings. The van der Waals surface area contributed by atoms with Crippen LogP contribution in [0.15, 0.2) is 0 Å². The fraction of sp³-hybridized carbons (Fsp3) is 1.00. The summed E-state index contributed by atoms with van der Waals surface area (Å²) in [5.41, 5.74) is -0.00254. The largest absolute Gasteiger partial charge is 0.377 e. The summed E-state index contributed by atoms with van der Waals surface area (Å²) in [4.78, 5) is 0. The molecule has 1 atom stereocenters. The summed E-state index contributed by atoms with van der Waals surface area (Å²) in [5, 5.41) is 0.810. The summed E-state index contributed by atoms with van der Waals surface area (Å²) in [7, 11) is -2.97. The lowest BCUT2D eigenvalue weighted by Crippen LogP contribution is -2.33. The van der Waals surface area contributed by atoms with Gasteiger partial charge in [-0.3, -0.25) is 0 Å². The van der Waals surface area contributed by atoms with Crippen molar-refractivity contribution in [2.75, 3.05) is 23.4 Å². The maximum Gasteiger partial charge on any atom is 0.153 e. The molecule has 0 radical (unpaired) electrons. The number of hydrogen-bond acceptors (Lipinski definition) is 3. The van der Waals surface area contributed by atoms with Gasteiger partial charge in [0, 0.05) is 11.9 Å². The van der Waals surface area contributed by atoms with Gasteiger partial charge >= 0.3 is 0 Å². The number of hydrogen-bond donors (Lipinski definition) is 0. The standard InChI is InChI=1S/C12H21BrO3S/c13-9-12(5-1-2-6-12)10-17(14,15)8-11-4-3-7-16-11/h11H,1-10H2. The molecule has 17 heavy (non-hydrogen) atoms. The minimum atomic E-state index is -2.97. The molecule has 0 spiro atoms. The van der Waals surface area contributed by atoms with E-state index in [0.29, 0.717) is 5.75 Å². The van der Waals surface area contributed by atoms with E-state index in [9.17, 15) is 8.42 Å². The van der Waals surface area contributed by atoms with Crippen molar-refractivity contribution >= 4 is 25.8 Å². The van der Waals surface area contributed by atoms with Crippen LogP contribution in [-0.4, -0.2) is 38.0 Å². The molecule has 0 amide bonds. The smallest absolute Gasteiger partial charge is 0.153 e. The Hall–Kier alpha value is 0.390. The second-order valence-corrected chi connectivity index (χ2v) is 8.20. The van der Waals surface area contributed by atoms with Crippen LogP contribution in [0.5, 0.6) is 0 Å². The van der Waals surface area contributed by atoms with Gasteiger partial charge in [-0.2, -0.15) is 0 Å². The zero-order valence-electron chi connectivity index (χ0n) is 10.2. The predicted octanol–water partition coefficient (Wildman–Crippen LogP) is 2.54. The predicted molar refractivity (Wildman–Crippen MR) is 72.3 cm³/mol. The van der Waals surface area contributed by atoms with E-state index in [0.717, 1.165) is 37.6 Å². The molecular weight excluding hydrogens is 304 g/mol. The molecule has 0 N–H and O–H groups in total. The average Bonchev–Trinajstić information content (AvgIpc) is 2.89. The molecule has 0 aromatic rings. The molecule has 0 bridgehead atoms. The van der Waals surface area contributed by atoms with Gasteiger partial charge in [-0.15, -0.1) is 0 Å². The van der Waals surface area contributed by atoms with E-state index in [4.69, 9.17) is 4.74 Å². The maximum atomic E-state index is 12.2. The van der Waals surface area contributed by atoms with E-state index in [2.05, 4.69) is 15.9 Å². The molecule has 0 aromatic carbocycles. The number of sulfone groups is 1. The SMILES string of the molecule is O=S(=O)(CC1CCCO1)CC1(CBr)CCCC1. The van der Waals surface area contributed by atoms with Crippen LogP contribution >= 0.6 is 15.9 Å². The zero-order valence-corrected chi connectivity index (χ0v) is 12.6. The third kappa shape index (κ3) is 3.67. The molecule has 3 nitrogen and oxygen atoms in total. The minimum absolute atomic E-state index is 0.00254. The first-order chi connectivity index (χ1) is 8.05. The monoisotopic (exact) mass is 324 g/mol. The van der Waals surface area contributed by atoms with Crippen molar-refractivity contribution in [2.24, 2.45) is 5.41 Å². The van der Waals surface area contributed by atoms with Crippen LogP contribution in [0.3, 0.4) is 0 Å². The Bertz CT molecular complexity index is 341. The summed E-state index contributed by atoms with van der Waals surface area (Å²) in [5.74, 6) is 0.562. The minimum Gasteiger partial charge on any atom is -0.377 e. The Labute approximate surface area is 112 Å². The van der Waals surface area contributed by atoms with Gasteiger partial charge in [0.25, 0.3) is 0 Å². The van der Waals surface area contributed by atoms with E-state index < -0.39 is 9.84 Å². The van der Waals surface area contributed by atoms with Crippen molar-refractivity contribution < 1.29 is 13.2 Å².